The number of rotatable bonds is 6. The number of aromatic nitrogens is 2. The Morgan fingerprint density at radius 2 is 1.86 bits per heavy atom. The summed E-state index contributed by atoms with van der Waals surface area (Å²) in [6.45, 7) is 2.41. The van der Waals surface area contributed by atoms with E-state index in [-0.39, 0.29) is 11.6 Å². The third-order valence-corrected chi connectivity index (χ3v) is 4.02. The molecule has 0 saturated carbocycles. The molecule has 7 nitrogen and oxygen atoms in total. The first-order valence-corrected chi connectivity index (χ1v) is 8.67. The number of methoxy groups -OCH3 is 1. The molecule has 0 fully saturated rings. The third-order valence-electron chi connectivity index (χ3n) is 4.02. The zero-order valence-electron chi connectivity index (χ0n) is 15.6. The average molecular weight is 376 g/mol. The molecule has 0 atom stereocenters. The molecular weight excluding hydrogens is 356 g/mol. The van der Waals surface area contributed by atoms with Gasteiger partial charge in [-0.1, -0.05) is 42.0 Å². The lowest BCUT2D eigenvalue weighted by atomic mass is 10.1. The molecule has 1 amide bonds. The Morgan fingerprint density at radius 3 is 2.57 bits per heavy atom. The van der Waals surface area contributed by atoms with Crippen molar-refractivity contribution in [2.24, 2.45) is 0 Å². The monoisotopic (exact) mass is 376 g/mol. The number of ether oxygens (including phenoxy) is 1. The minimum atomic E-state index is -0.455. The van der Waals surface area contributed by atoms with Gasteiger partial charge in [-0.05, 0) is 24.6 Å². The van der Waals surface area contributed by atoms with Gasteiger partial charge >= 0.3 is 5.97 Å². The summed E-state index contributed by atoms with van der Waals surface area (Å²) in [6, 6.07) is 14.8. The molecule has 3 rings (SSSR count). The molecule has 1 aromatic heterocycles. The number of para-hydroxylation sites is 1. The van der Waals surface area contributed by atoms with Gasteiger partial charge in [-0.3, -0.25) is 4.79 Å². The van der Waals surface area contributed by atoms with Crippen molar-refractivity contribution < 1.29 is 14.3 Å². The van der Waals surface area contributed by atoms with Crippen LogP contribution in [0.2, 0.25) is 0 Å². The summed E-state index contributed by atoms with van der Waals surface area (Å²) in [5.74, 6) is -0.356. The lowest BCUT2D eigenvalue weighted by Crippen LogP contribution is -2.24. The van der Waals surface area contributed by atoms with Gasteiger partial charge in [0, 0.05) is 6.54 Å². The van der Waals surface area contributed by atoms with Crippen molar-refractivity contribution in [1.82, 2.24) is 15.3 Å². The van der Waals surface area contributed by atoms with Crippen LogP contribution < -0.4 is 10.6 Å². The summed E-state index contributed by atoms with van der Waals surface area (Å²) in [6.07, 6.45) is 2.82. The van der Waals surface area contributed by atoms with Gasteiger partial charge in [0.05, 0.1) is 30.8 Å². The molecule has 28 heavy (non-hydrogen) atoms. The number of nitrogens with zero attached hydrogens (tertiary/aromatic N) is 2. The first kappa shape index (κ1) is 19.0. The van der Waals surface area contributed by atoms with Crippen LogP contribution in [0.3, 0.4) is 0 Å². The first-order chi connectivity index (χ1) is 13.6. The summed E-state index contributed by atoms with van der Waals surface area (Å²) < 4.78 is 4.77. The lowest BCUT2D eigenvalue weighted by molar-refractivity contribution is 0.0601. The van der Waals surface area contributed by atoms with E-state index in [1.165, 1.54) is 19.5 Å². The Hall–Kier alpha value is -3.74. The van der Waals surface area contributed by atoms with Gasteiger partial charge in [-0.2, -0.15) is 0 Å². The zero-order valence-corrected chi connectivity index (χ0v) is 15.6. The number of nitrogens with one attached hydrogen (secondary N) is 2. The van der Waals surface area contributed by atoms with E-state index in [9.17, 15) is 9.59 Å². The summed E-state index contributed by atoms with van der Waals surface area (Å²) in [5.41, 5.74) is 3.28. The number of benzene rings is 2. The highest BCUT2D eigenvalue weighted by atomic mass is 16.5. The fourth-order valence-electron chi connectivity index (χ4n) is 2.62. The lowest BCUT2D eigenvalue weighted by Gasteiger charge is -2.10. The van der Waals surface area contributed by atoms with Gasteiger partial charge in [0.1, 0.15) is 11.5 Å². The predicted octanol–water partition coefficient (Wildman–Crippen LogP) is 3.25. The number of hydrogen-bond donors (Lipinski definition) is 2. The molecule has 0 aliphatic carbocycles. The second-order valence-electron chi connectivity index (χ2n) is 6.12. The van der Waals surface area contributed by atoms with Crippen LogP contribution in [0.5, 0.6) is 0 Å². The minimum Gasteiger partial charge on any atom is -0.465 e. The number of amides is 1. The Bertz CT molecular complexity index is 987. The highest BCUT2D eigenvalue weighted by Gasteiger charge is 2.12. The number of carbonyl (C=O) groups excluding carboxylic acids is 2. The normalized spacial score (nSPS) is 10.2. The van der Waals surface area contributed by atoms with Crippen molar-refractivity contribution >= 4 is 23.4 Å². The molecule has 2 aromatic carbocycles. The topological polar surface area (TPSA) is 93.2 Å². The maximum Gasteiger partial charge on any atom is 0.339 e. The van der Waals surface area contributed by atoms with E-state index < -0.39 is 5.97 Å². The van der Waals surface area contributed by atoms with Crippen LogP contribution in [-0.2, 0) is 11.3 Å². The smallest absolute Gasteiger partial charge is 0.339 e. The van der Waals surface area contributed by atoms with Gasteiger partial charge in [0.2, 0.25) is 0 Å². The zero-order chi connectivity index (χ0) is 19.9. The summed E-state index contributed by atoms with van der Waals surface area (Å²) >= 11 is 0. The van der Waals surface area contributed by atoms with Crippen LogP contribution in [0.25, 0.3) is 0 Å². The second kappa shape index (κ2) is 8.77. The molecule has 0 bridgehead atoms. The standard InChI is InChI=1S/C21H20N4O3/c1-14-6-5-7-15(10-14)11-24-20(26)18-12-23-19(13-22-18)25-17-9-4-3-8-16(17)21(27)28-2/h3-10,12-13H,11H2,1-2H3,(H,23,25)(H,24,26). The van der Waals surface area contributed by atoms with Crippen molar-refractivity contribution in [2.45, 2.75) is 13.5 Å². The van der Waals surface area contributed by atoms with Crippen LogP contribution in [0.1, 0.15) is 32.0 Å². The Kier molecular flexibility index (Phi) is 5.96. The maximum absolute atomic E-state index is 12.3. The van der Waals surface area contributed by atoms with Crippen molar-refractivity contribution in [3.63, 3.8) is 0 Å². The fraction of sp³-hybridized carbons (Fsp3) is 0.143. The SMILES string of the molecule is COC(=O)c1ccccc1Nc1cnc(C(=O)NCc2cccc(C)c2)cn1. The molecule has 3 aromatic rings. The minimum absolute atomic E-state index is 0.208. The van der Waals surface area contributed by atoms with E-state index >= 15 is 0 Å². The fourth-order valence-corrected chi connectivity index (χ4v) is 2.62. The first-order valence-electron chi connectivity index (χ1n) is 8.67. The molecule has 142 valence electrons. The van der Waals surface area contributed by atoms with Crippen LogP contribution >= 0.6 is 0 Å². The molecule has 1 heterocycles. The van der Waals surface area contributed by atoms with E-state index in [4.69, 9.17) is 4.74 Å². The van der Waals surface area contributed by atoms with Gasteiger partial charge in [-0.25, -0.2) is 14.8 Å². The van der Waals surface area contributed by atoms with E-state index in [1.807, 2.05) is 31.2 Å². The molecule has 0 saturated heterocycles. The van der Waals surface area contributed by atoms with Crippen LogP contribution in [0.4, 0.5) is 11.5 Å². The van der Waals surface area contributed by atoms with E-state index in [0.29, 0.717) is 23.6 Å². The number of esters is 1. The second-order valence-corrected chi connectivity index (χ2v) is 6.12. The van der Waals surface area contributed by atoms with Crippen LogP contribution in [-0.4, -0.2) is 29.0 Å². The molecule has 7 heteroatoms. The average Bonchev–Trinajstić information content (AvgIpc) is 2.72. The number of carbonyl (C=O) groups is 2. The van der Waals surface area contributed by atoms with E-state index in [0.717, 1.165) is 11.1 Å². The van der Waals surface area contributed by atoms with E-state index in [2.05, 4.69) is 20.6 Å². The summed E-state index contributed by atoms with van der Waals surface area (Å²) in [4.78, 5) is 32.4. The van der Waals surface area contributed by atoms with Crippen molar-refractivity contribution in [1.29, 1.82) is 0 Å². The van der Waals surface area contributed by atoms with E-state index in [1.54, 1.807) is 24.3 Å². The van der Waals surface area contributed by atoms with Crippen LogP contribution in [0, 0.1) is 6.92 Å². The Labute approximate surface area is 162 Å². The van der Waals surface area contributed by atoms with Gasteiger partial charge in [-0.15, -0.1) is 0 Å². The maximum atomic E-state index is 12.3. The molecule has 0 aliphatic heterocycles. The molecule has 0 aliphatic rings. The van der Waals surface area contributed by atoms with Crippen molar-refractivity contribution in [3.8, 4) is 0 Å². The largest absolute Gasteiger partial charge is 0.465 e. The molecule has 0 radical (unpaired) electrons. The van der Waals surface area contributed by atoms with Gasteiger partial charge < -0.3 is 15.4 Å². The Morgan fingerprint density at radius 1 is 1.04 bits per heavy atom. The quantitative estimate of drug-likeness (QED) is 0.642. The Balaban J connectivity index is 1.65. The van der Waals surface area contributed by atoms with Gasteiger partial charge in [0.25, 0.3) is 5.91 Å². The summed E-state index contributed by atoms with van der Waals surface area (Å²) in [5, 5.41) is 5.83. The number of aryl methyl sites for hydroxylation is 1. The van der Waals surface area contributed by atoms with Gasteiger partial charge in [0.15, 0.2) is 0 Å². The van der Waals surface area contributed by atoms with Crippen molar-refractivity contribution in [2.75, 3.05) is 12.4 Å². The molecular formula is C21H20N4O3. The van der Waals surface area contributed by atoms with Crippen molar-refractivity contribution in [3.05, 3.63) is 83.3 Å². The molecule has 2 N–H and O–H groups in total. The predicted molar refractivity (Wildman–Crippen MR) is 105 cm³/mol. The summed E-state index contributed by atoms with van der Waals surface area (Å²) in [7, 11) is 1.32. The molecule has 0 unspecified atom stereocenters. The number of hydrogen-bond acceptors (Lipinski definition) is 6. The highest BCUT2D eigenvalue weighted by Crippen LogP contribution is 2.19. The highest BCUT2D eigenvalue weighted by molar-refractivity contribution is 5.96. The number of anilines is 2. The molecule has 0 spiro atoms. The van der Waals surface area contributed by atoms with Crippen LogP contribution in [0.15, 0.2) is 60.9 Å². The third kappa shape index (κ3) is 4.70.